The lowest BCUT2D eigenvalue weighted by molar-refractivity contribution is 0.119. The van der Waals surface area contributed by atoms with Crippen molar-refractivity contribution in [1.82, 2.24) is 9.55 Å². The summed E-state index contributed by atoms with van der Waals surface area (Å²) in [6.07, 6.45) is 3.52. The first-order valence-corrected chi connectivity index (χ1v) is 7.11. The Hall–Kier alpha value is -1.20. The van der Waals surface area contributed by atoms with Gasteiger partial charge in [0.25, 0.3) is 0 Å². The van der Waals surface area contributed by atoms with Crippen LogP contribution in [0.3, 0.4) is 0 Å². The number of rotatable bonds is 6. The number of nitrogens with one attached hydrogen (secondary N) is 1. The highest BCUT2D eigenvalue weighted by Gasteiger charge is 2.20. The fraction of sp³-hybridized carbons (Fsp3) is 0.500. The average Bonchev–Trinajstić information content (AvgIpc) is 3.15. The summed E-state index contributed by atoms with van der Waals surface area (Å²) in [7, 11) is 0. The fourth-order valence-corrected chi connectivity index (χ4v) is 2.52. The van der Waals surface area contributed by atoms with E-state index in [2.05, 4.69) is 4.98 Å². The molecule has 0 bridgehead atoms. The summed E-state index contributed by atoms with van der Waals surface area (Å²) in [5, 5.41) is 0. The van der Waals surface area contributed by atoms with Gasteiger partial charge >= 0.3 is 0 Å². The first-order chi connectivity index (χ1) is 9.25. The molecule has 19 heavy (non-hydrogen) atoms. The topological polar surface area (TPSA) is 29.9 Å². The second kappa shape index (κ2) is 5.43. The van der Waals surface area contributed by atoms with Gasteiger partial charge in [0.15, 0.2) is 4.77 Å². The van der Waals surface area contributed by atoms with E-state index in [1.807, 2.05) is 10.6 Å². The summed E-state index contributed by atoms with van der Waals surface area (Å²) in [5.74, 6) is 0.539. The molecule has 1 N–H and O–H groups in total. The van der Waals surface area contributed by atoms with Crippen LogP contribution in [0.2, 0.25) is 0 Å². The Morgan fingerprint density at radius 2 is 2.26 bits per heavy atom. The highest BCUT2D eigenvalue weighted by Crippen LogP contribution is 2.28. The largest absolute Gasteiger partial charge is 0.381 e. The van der Waals surface area contributed by atoms with E-state index in [4.69, 9.17) is 17.0 Å². The fourth-order valence-electron chi connectivity index (χ4n) is 2.23. The third-order valence-electron chi connectivity index (χ3n) is 3.48. The predicted octanol–water partition coefficient (Wildman–Crippen LogP) is 3.65. The summed E-state index contributed by atoms with van der Waals surface area (Å²) in [5.41, 5.74) is 1.32. The molecule has 0 saturated heterocycles. The van der Waals surface area contributed by atoms with Crippen molar-refractivity contribution in [2.24, 2.45) is 5.92 Å². The molecular formula is C14H17FN2OS. The standard InChI is InChI=1S/C14H17FN2OS/c15-11-3-1-4-12-13(11)16-14(19)17(12)7-2-8-18-9-10-5-6-10/h1,3-4,10H,2,5-9H2,(H,16,19). The van der Waals surface area contributed by atoms with Crippen LogP contribution < -0.4 is 0 Å². The van der Waals surface area contributed by atoms with Crippen LogP contribution in [0.5, 0.6) is 0 Å². The highest BCUT2D eigenvalue weighted by atomic mass is 32.1. The lowest BCUT2D eigenvalue weighted by Crippen LogP contribution is -2.04. The SMILES string of the molecule is Fc1cccc2c1[nH]c(=S)n2CCCOCC1CC1. The Bertz CT molecular complexity index is 630. The maximum absolute atomic E-state index is 13.6. The number of para-hydroxylation sites is 1. The van der Waals surface area contributed by atoms with E-state index in [-0.39, 0.29) is 5.82 Å². The first kappa shape index (κ1) is 12.8. The van der Waals surface area contributed by atoms with Crippen molar-refractivity contribution in [1.29, 1.82) is 0 Å². The molecule has 1 fully saturated rings. The second-order valence-corrected chi connectivity index (χ2v) is 5.47. The Morgan fingerprint density at radius 3 is 3.05 bits per heavy atom. The molecule has 3 rings (SSSR count). The maximum atomic E-state index is 13.6. The van der Waals surface area contributed by atoms with Gasteiger partial charge < -0.3 is 14.3 Å². The number of aryl methyl sites for hydroxylation is 1. The van der Waals surface area contributed by atoms with Crippen LogP contribution in [0.25, 0.3) is 11.0 Å². The molecule has 1 aliphatic carbocycles. The molecule has 102 valence electrons. The van der Waals surface area contributed by atoms with Crippen LogP contribution in [-0.4, -0.2) is 22.8 Å². The van der Waals surface area contributed by atoms with E-state index >= 15 is 0 Å². The third kappa shape index (κ3) is 2.87. The Kier molecular flexibility index (Phi) is 3.66. The van der Waals surface area contributed by atoms with E-state index in [0.717, 1.165) is 37.6 Å². The molecule has 1 saturated carbocycles. The van der Waals surface area contributed by atoms with Crippen LogP contribution in [-0.2, 0) is 11.3 Å². The molecule has 0 amide bonds. The number of hydrogen-bond donors (Lipinski definition) is 1. The van der Waals surface area contributed by atoms with Crippen molar-refractivity contribution in [3.05, 3.63) is 28.8 Å². The number of benzene rings is 1. The van der Waals surface area contributed by atoms with Gasteiger partial charge in [-0.2, -0.15) is 0 Å². The summed E-state index contributed by atoms with van der Waals surface area (Å²) in [6, 6.07) is 5.03. The number of nitrogens with zero attached hydrogens (tertiary/aromatic N) is 1. The van der Waals surface area contributed by atoms with Gasteiger partial charge in [-0.05, 0) is 49.5 Å². The van der Waals surface area contributed by atoms with Gasteiger partial charge in [0.1, 0.15) is 11.3 Å². The Balaban J connectivity index is 1.64. The number of halogens is 1. The lowest BCUT2D eigenvalue weighted by Gasteiger charge is -2.05. The van der Waals surface area contributed by atoms with E-state index in [9.17, 15) is 4.39 Å². The number of imidazole rings is 1. The quantitative estimate of drug-likeness (QED) is 0.646. The van der Waals surface area contributed by atoms with Crippen molar-refractivity contribution < 1.29 is 9.13 Å². The molecule has 5 heteroatoms. The number of H-pyrrole nitrogens is 1. The molecule has 1 heterocycles. The molecule has 0 atom stereocenters. The number of ether oxygens (including phenoxy) is 1. The van der Waals surface area contributed by atoms with Crippen molar-refractivity contribution in [2.45, 2.75) is 25.8 Å². The van der Waals surface area contributed by atoms with Crippen LogP contribution in [0.4, 0.5) is 4.39 Å². The van der Waals surface area contributed by atoms with Crippen molar-refractivity contribution >= 4 is 23.3 Å². The Morgan fingerprint density at radius 1 is 1.42 bits per heavy atom. The van der Waals surface area contributed by atoms with Gasteiger partial charge in [0.05, 0.1) is 5.52 Å². The zero-order valence-electron chi connectivity index (χ0n) is 10.7. The second-order valence-electron chi connectivity index (χ2n) is 5.09. The first-order valence-electron chi connectivity index (χ1n) is 6.70. The Labute approximate surface area is 116 Å². The molecule has 2 aromatic rings. The minimum atomic E-state index is -0.257. The van der Waals surface area contributed by atoms with Crippen LogP contribution in [0.15, 0.2) is 18.2 Å². The molecule has 0 spiro atoms. The molecular weight excluding hydrogens is 263 g/mol. The number of aromatic nitrogens is 2. The summed E-state index contributed by atoms with van der Waals surface area (Å²) in [6.45, 7) is 2.38. The molecule has 1 aromatic carbocycles. The molecule has 0 unspecified atom stereocenters. The highest BCUT2D eigenvalue weighted by molar-refractivity contribution is 7.71. The van der Waals surface area contributed by atoms with Crippen molar-refractivity contribution in [2.75, 3.05) is 13.2 Å². The predicted molar refractivity (Wildman–Crippen MR) is 75.2 cm³/mol. The average molecular weight is 280 g/mol. The zero-order chi connectivity index (χ0) is 13.2. The van der Waals surface area contributed by atoms with Crippen LogP contribution >= 0.6 is 12.2 Å². The molecule has 3 nitrogen and oxygen atoms in total. The molecule has 1 aliphatic rings. The van der Waals surface area contributed by atoms with E-state index in [1.54, 1.807) is 6.07 Å². The van der Waals surface area contributed by atoms with Gasteiger partial charge in [0.2, 0.25) is 0 Å². The monoisotopic (exact) mass is 280 g/mol. The van der Waals surface area contributed by atoms with Crippen molar-refractivity contribution in [3.8, 4) is 0 Å². The summed E-state index contributed by atoms with van der Waals surface area (Å²) < 4.78 is 21.7. The number of hydrogen-bond acceptors (Lipinski definition) is 2. The summed E-state index contributed by atoms with van der Waals surface area (Å²) >= 11 is 5.24. The van der Waals surface area contributed by atoms with Crippen molar-refractivity contribution in [3.63, 3.8) is 0 Å². The van der Waals surface area contributed by atoms with Gasteiger partial charge in [-0.15, -0.1) is 0 Å². The minimum Gasteiger partial charge on any atom is -0.381 e. The van der Waals surface area contributed by atoms with Gasteiger partial charge in [-0.3, -0.25) is 0 Å². The van der Waals surface area contributed by atoms with E-state index in [0.29, 0.717) is 10.3 Å². The van der Waals surface area contributed by atoms with Crippen LogP contribution in [0.1, 0.15) is 19.3 Å². The zero-order valence-corrected chi connectivity index (χ0v) is 11.5. The van der Waals surface area contributed by atoms with Gasteiger partial charge in [-0.1, -0.05) is 6.07 Å². The van der Waals surface area contributed by atoms with E-state index in [1.165, 1.54) is 18.9 Å². The number of aromatic amines is 1. The maximum Gasteiger partial charge on any atom is 0.178 e. The normalized spacial score (nSPS) is 15.2. The van der Waals surface area contributed by atoms with Gasteiger partial charge in [0, 0.05) is 19.8 Å². The van der Waals surface area contributed by atoms with Gasteiger partial charge in [-0.25, -0.2) is 4.39 Å². The number of fused-ring (bicyclic) bond motifs is 1. The molecule has 1 aromatic heterocycles. The smallest absolute Gasteiger partial charge is 0.178 e. The molecule has 0 aliphatic heterocycles. The van der Waals surface area contributed by atoms with Crippen LogP contribution in [0, 0.1) is 16.5 Å². The third-order valence-corrected chi connectivity index (χ3v) is 3.80. The lowest BCUT2D eigenvalue weighted by atomic mass is 10.3. The summed E-state index contributed by atoms with van der Waals surface area (Å²) in [4.78, 5) is 2.93. The van der Waals surface area contributed by atoms with E-state index < -0.39 is 0 Å². The minimum absolute atomic E-state index is 0.257. The molecule has 0 radical (unpaired) electrons.